The lowest BCUT2D eigenvalue weighted by atomic mass is 9.74. The Morgan fingerprint density at radius 2 is 1.79 bits per heavy atom. The molecule has 2 N–H and O–H groups in total. The first kappa shape index (κ1) is 11.8. The molecule has 6 heteroatoms. The van der Waals surface area contributed by atoms with Gasteiger partial charge in [0.05, 0.1) is 5.75 Å². The Hall–Kier alpha value is -0.230. The van der Waals surface area contributed by atoms with Gasteiger partial charge in [-0.05, 0) is 12.8 Å². The molecule has 0 spiro atoms. The highest BCUT2D eigenvalue weighted by Gasteiger charge is 2.52. The second kappa shape index (κ2) is 3.41. The fraction of sp³-hybridized carbons (Fsp3) is 1.00. The Kier molecular flexibility index (Phi) is 2.89. The molecule has 0 heterocycles. The topological polar surface area (TPSA) is 60.2 Å². The number of hydrogen-bond donors (Lipinski definition) is 1. The quantitative estimate of drug-likeness (QED) is 0.777. The van der Waals surface area contributed by atoms with Gasteiger partial charge in [-0.2, -0.15) is 0 Å². The first-order valence-corrected chi connectivity index (χ1v) is 6.26. The van der Waals surface area contributed by atoms with Crippen LogP contribution >= 0.6 is 0 Å². The molecule has 0 amide bonds. The van der Waals surface area contributed by atoms with E-state index in [1.807, 2.05) is 0 Å². The van der Waals surface area contributed by atoms with Crippen LogP contribution in [0.15, 0.2) is 0 Å². The molecule has 0 aliphatic heterocycles. The van der Waals surface area contributed by atoms with Crippen LogP contribution in [0.2, 0.25) is 0 Å². The molecule has 1 saturated carbocycles. The maximum absolute atomic E-state index is 13.5. The van der Waals surface area contributed by atoms with E-state index in [9.17, 15) is 17.2 Å². The standard InChI is InChI=1S/C8H15F2NO2S/c1-7(6-14(11,12)13)4-2-3-5-8(7,9)10/h2-6H2,1H3,(H2,11,12,13). The molecule has 1 aliphatic carbocycles. The van der Waals surface area contributed by atoms with E-state index in [0.29, 0.717) is 12.8 Å². The monoisotopic (exact) mass is 227 g/mol. The summed E-state index contributed by atoms with van der Waals surface area (Å²) in [6.07, 6.45) is 1.07. The predicted molar refractivity (Wildman–Crippen MR) is 49.5 cm³/mol. The van der Waals surface area contributed by atoms with Crippen LogP contribution in [0.4, 0.5) is 8.78 Å². The fourth-order valence-electron chi connectivity index (χ4n) is 1.97. The second-order valence-electron chi connectivity index (χ2n) is 4.28. The minimum atomic E-state index is -3.83. The minimum Gasteiger partial charge on any atom is -0.229 e. The van der Waals surface area contributed by atoms with Crippen molar-refractivity contribution < 1.29 is 17.2 Å². The summed E-state index contributed by atoms with van der Waals surface area (Å²) in [5.74, 6) is -3.55. The highest BCUT2D eigenvalue weighted by Crippen LogP contribution is 2.48. The van der Waals surface area contributed by atoms with Gasteiger partial charge in [-0.15, -0.1) is 0 Å². The van der Waals surface area contributed by atoms with Crippen molar-refractivity contribution in [2.45, 2.75) is 38.5 Å². The number of sulfonamides is 1. The third kappa shape index (κ3) is 2.42. The van der Waals surface area contributed by atoms with Crippen molar-refractivity contribution in [1.29, 1.82) is 0 Å². The lowest BCUT2D eigenvalue weighted by Gasteiger charge is -2.40. The van der Waals surface area contributed by atoms with Gasteiger partial charge in [0.1, 0.15) is 0 Å². The number of halogens is 2. The van der Waals surface area contributed by atoms with Crippen molar-refractivity contribution >= 4 is 10.0 Å². The molecule has 0 saturated heterocycles. The van der Waals surface area contributed by atoms with Crippen molar-refractivity contribution in [1.82, 2.24) is 0 Å². The van der Waals surface area contributed by atoms with Crippen molar-refractivity contribution in [3.05, 3.63) is 0 Å². The van der Waals surface area contributed by atoms with Crippen LogP contribution in [0.25, 0.3) is 0 Å². The van der Waals surface area contributed by atoms with Crippen LogP contribution in [0.3, 0.4) is 0 Å². The van der Waals surface area contributed by atoms with Crippen LogP contribution in [0, 0.1) is 5.41 Å². The zero-order chi connectivity index (χ0) is 11.0. The number of rotatable bonds is 2. The van der Waals surface area contributed by atoms with Gasteiger partial charge >= 0.3 is 0 Å². The zero-order valence-corrected chi connectivity index (χ0v) is 8.91. The van der Waals surface area contributed by atoms with Crippen molar-refractivity contribution in [2.75, 3.05) is 5.75 Å². The van der Waals surface area contributed by atoms with E-state index < -0.39 is 27.1 Å². The van der Waals surface area contributed by atoms with Crippen LogP contribution < -0.4 is 5.14 Å². The molecular formula is C8H15F2NO2S. The van der Waals surface area contributed by atoms with Gasteiger partial charge in [0, 0.05) is 11.8 Å². The predicted octanol–water partition coefficient (Wildman–Crippen LogP) is 1.49. The zero-order valence-electron chi connectivity index (χ0n) is 8.09. The van der Waals surface area contributed by atoms with Crippen LogP contribution in [0.1, 0.15) is 32.6 Å². The third-order valence-corrected chi connectivity index (χ3v) is 3.91. The van der Waals surface area contributed by atoms with Gasteiger partial charge in [0.2, 0.25) is 10.0 Å². The number of alkyl halides is 2. The van der Waals surface area contributed by atoms with E-state index in [1.165, 1.54) is 6.92 Å². The molecule has 14 heavy (non-hydrogen) atoms. The second-order valence-corrected chi connectivity index (χ2v) is 5.89. The van der Waals surface area contributed by atoms with Gasteiger partial charge in [-0.3, -0.25) is 0 Å². The highest BCUT2D eigenvalue weighted by molar-refractivity contribution is 7.89. The van der Waals surface area contributed by atoms with E-state index in [0.717, 1.165) is 0 Å². The average molecular weight is 227 g/mol. The Labute approximate surface area is 82.7 Å². The summed E-state index contributed by atoms with van der Waals surface area (Å²) in [4.78, 5) is 0. The Morgan fingerprint density at radius 3 is 2.21 bits per heavy atom. The summed E-state index contributed by atoms with van der Waals surface area (Å²) in [7, 11) is -3.83. The number of hydrogen-bond acceptors (Lipinski definition) is 2. The molecule has 3 nitrogen and oxygen atoms in total. The SMILES string of the molecule is CC1(CS(N)(=O)=O)CCCCC1(F)F. The molecule has 1 aliphatic rings. The molecule has 0 aromatic rings. The van der Waals surface area contributed by atoms with E-state index >= 15 is 0 Å². The van der Waals surface area contributed by atoms with Crippen molar-refractivity contribution in [3.8, 4) is 0 Å². The lowest BCUT2D eigenvalue weighted by molar-refractivity contribution is -0.130. The average Bonchev–Trinajstić information content (AvgIpc) is 1.92. The maximum atomic E-state index is 13.5. The lowest BCUT2D eigenvalue weighted by Crippen LogP contribution is -2.47. The Balaban J connectivity index is 2.90. The summed E-state index contributed by atoms with van der Waals surface area (Å²) in [5, 5.41) is 4.81. The van der Waals surface area contributed by atoms with Crippen molar-refractivity contribution in [3.63, 3.8) is 0 Å². The van der Waals surface area contributed by atoms with E-state index in [4.69, 9.17) is 5.14 Å². The molecule has 1 rings (SSSR count). The molecule has 0 aromatic carbocycles. The third-order valence-electron chi connectivity index (χ3n) is 2.87. The number of primary sulfonamides is 1. The Bertz CT molecular complexity index is 315. The van der Waals surface area contributed by atoms with E-state index in [2.05, 4.69) is 0 Å². The minimum absolute atomic E-state index is 0.219. The first-order valence-electron chi connectivity index (χ1n) is 4.55. The van der Waals surface area contributed by atoms with Crippen LogP contribution in [-0.4, -0.2) is 20.1 Å². The van der Waals surface area contributed by atoms with Crippen LogP contribution in [0.5, 0.6) is 0 Å². The molecule has 84 valence electrons. The molecule has 1 unspecified atom stereocenters. The molecule has 0 radical (unpaired) electrons. The molecule has 0 aromatic heterocycles. The summed E-state index contributed by atoms with van der Waals surface area (Å²) < 4.78 is 48.6. The van der Waals surface area contributed by atoms with Crippen molar-refractivity contribution in [2.24, 2.45) is 10.6 Å². The van der Waals surface area contributed by atoms with Gasteiger partial charge in [0.15, 0.2) is 0 Å². The first-order chi connectivity index (χ1) is 6.16. The van der Waals surface area contributed by atoms with Gasteiger partial charge < -0.3 is 0 Å². The summed E-state index contributed by atoms with van der Waals surface area (Å²) in [5.41, 5.74) is -1.49. The summed E-state index contributed by atoms with van der Waals surface area (Å²) in [6, 6.07) is 0. The van der Waals surface area contributed by atoms with E-state index in [1.54, 1.807) is 0 Å². The molecule has 1 atom stereocenters. The van der Waals surface area contributed by atoms with Gasteiger partial charge in [-0.25, -0.2) is 22.3 Å². The summed E-state index contributed by atoms with van der Waals surface area (Å²) >= 11 is 0. The van der Waals surface area contributed by atoms with E-state index in [-0.39, 0.29) is 12.8 Å². The van der Waals surface area contributed by atoms with Crippen LogP contribution in [-0.2, 0) is 10.0 Å². The highest BCUT2D eigenvalue weighted by atomic mass is 32.2. The molecule has 1 fully saturated rings. The Morgan fingerprint density at radius 1 is 1.29 bits per heavy atom. The normalized spacial score (nSPS) is 32.9. The largest absolute Gasteiger partial charge is 0.254 e. The number of nitrogens with two attached hydrogens (primary N) is 1. The smallest absolute Gasteiger partial charge is 0.229 e. The van der Waals surface area contributed by atoms with Gasteiger partial charge in [0.25, 0.3) is 5.92 Å². The summed E-state index contributed by atoms with van der Waals surface area (Å²) in [6.45, 7) is 1.30. The molecular weight excluding hydrogens is 212 g/mol. The van der Waals surface area contributed by atoms with Gasteiger partial charge in [-0.1, -0.05) is 13.3 Å². The maximum Gasteiger partial charge on any atom is 0.254 e. The fourth-order valence-corrected chi connectivity index (χ4v) is 3.21. The molecule has 0 bridgehead atoms.